The molecule has 0 aliphatic rings. The lowest BCUT2D eigenvalue weighted by Gasteiger charge is -1.96. The van der Waals surface area contributed by atoms with Gasteiger partial charge in [-0.05, 0) is 23.0 Å². The number of hydrogen-bond acceptors (Lipinski definition) is 2. The molecule has 84 valence electrons. The van der Waals surface area contributed by atoms with Crippen LogP contribution in [0.4, 0.5) is 0 Å². The van der Waals surface area contributed by atoms with Crippen molar-refractivity contribution in [1.29, 1.82) is 0 Å². The number of aromatic amines is 1. The Kier molecular flexibility index (Phi) is 3.74. The molecule has 0 radical (unpaired) electrons. The molecule has 0 aliphatic heterocycles. The molecule has 16 heavy (non-hydrogen) atoms. The largest absolute Gasteiger partial charge is 0.336 e. The molecule has 0 aliphatic carbocycles. The number of hydrogen-bond donors (Lipinski definition) is 2. The first-order valence-electron chi connectivity index (χ1n) is 5.25. The second-order valence-corrected chi connectivity index (χ2v) is 4.36. The third-order valence-electron chi connectivity index (χ3n) is 2.37. The lowest BCUT2D eigenvalue weighted by atomic mass is 10.2. The molecule has 0 amide bonds. The van der Waals surface area contributed by atoms with Crippen molar-refractivity contribution < 1.29 is 0 Å². The summed E-state index contributed by atoms with van der Waals surface area (Å²) in [5.41, 5.74) is 2.10. The van der Waals surface area contributed by atoms with Gasteiger partial charge >= 0.3 is 0 Å². The second kappa shape index (κ2) is 5.27. The van der Waals surface area contributed by atoms with Crippen LogP contribution in [-0.2, 0) is 6.42 Å². The van der Waals surface area contributed by atoms with Crippen LogP contribution < -0.4 is 5.32 Å². The average molecular weight is 280 g/mol. The van der Waals surface area contributed by atoms with Crippen LogP contribution in [0, 0.1) is 0 Å². The number of nitrogens with one attached hydrogen (secondary N) is 2. The molecular weight excluding hydrogens is 266 g/mol. The molecule has 4 heteroatoms. The topological polar surface area (TPSA) is 40.7 Å². The number of nitrogens with zero attached hydrogens (tertiary/aromatic N) is 1. The number of H-pyrrole nitrogens is 1. The van der Waals surface area contributed by atoms with Crippen molar-refractivity contribution in [3.63, 3.8) is 0 Å². The highest BCUT2D eigenvalue weighted by atomic mass is 79.9. The van der Waals surface area contributed by atoms with E-state index in [0.29, 0.717) is 0 Å². The van der Waals surface area contributed by atoms with Crippen molar-refractivity contribution in [3.8, 4) is 11.3 Å². The van der Waals surface area contributed by atoms with Gasteiger partial charge in [-0.15, -0.1) is 0 Å². The maximum absolute atomic E-state index is 4.58. The molecule has 0 saturated carbocycles. The van der Waals surface area contributed by atoms with Crippen LogP contribution in [0.25, 0.3) is 11.3 Å². The zero-order valence-electron chi connectivity index (χ0n) is 9.13. The zero-order chi connectivity index (χ0) is 11.4. The molecule has 2 N–H and O–H groups in total. The fourth-order valence-electron chi connectivity index (χ4n) is 1.55. The van der Waals surface area contributed by atoms with Gasteiger partial charge in [-0.3, -0.25) is 0 Å². The predicted octanol–water partition coefficient (Wildman–Crippen LogP) is 2.60. The Labute approximate surface area is 103 Å². The number of halogens is 1. The van der Waals surface area contributed by atoms with Crippen LogP contribution in [0.1, 0.15) is 5.82 Å². The molecule has 0 spiro atoms. The Morgan fingerprint density at radius 3 is 2.75 bits per heavy atom. The first-order chi connectivity index (χ1) is 7.81. The smallest absolute Gasteiger partial charge is 0.110 e. The Bertz CT molecular complexity index is 451. The van der Waals surface area contributed by atoms with Crippen LogP contribution >= 0.6 is 15.9 Å². The molecule has 1 aromatic carbocycles. The van der Waals surface area contributed by atoms with Crippen molar-refractivity contribution >= 4 is 15.9 Å². The summed E-state index contributed by atoms with van der Waals surface area (Å²) in [6, 6.07) is 10.2. The van der Waals surface area contributed by atoms with E-state index in [1.165, 1.54) is 0 Å². The molecule has 2 aromatic rings. The minimum Gasteiger partial charge on any atom is -0.336 e. The second-order valence-electron chi connectivity index (χ2n) is 3.57. The lowest BCUT2D eigenvalue weighted by molar-refractivity contribution is 0.764. The van der Waals surface area contributed by atoms with Gasteiger partial charge in [0.2, 0.25) is 0 Å². The van der Waals surface area contributed by atoms with Gasteiger partial charge in [-0.25, -0.2) is 4.98 Å². The number of rotatable bonds is 4. The van der Waals surface area contributed by atoms with Gasteiger partial charge in [0.25, 0.3) is 0 Å². The molecule has 0 atom stereocenters. The summed E-state index contributed by atoms with van der Waals surface area (Å²) in [4.78, 5) is 7.82. The van der Waals surface area contributed by atoms with Gasteiger partial charge in [0.05, 0.1) is 0 Å². The summed E-state index contributed by atoms with van der Waals surface area (Å²) in [6.07, 6.45) is 0.905. The Morgan fingerprint density at radius 2 is 2.06 bits per heavy atom. The van der Waals surface area contributed by atoms with E-state index in [0.717, 1.165) is 34.7 Å². The van der Waals surface area contributed by atoms with E-state index in [-0.39, 0.29) is 0 Å². The lowest BCUT2D eigenvalue weighted by Crippen LogP contribution is -2.11. The standard InChI is InChI=1S/C12H14BrN3/c1-14-8-7-10-15-11(12(13)16-10)9-5-3-2-4-6-9/h2-6,14H,7-8H2,1H3,(H,15,16). The van der Waals surface area contributed by atoms with Crippen LogP contribution in [0.3, 0.4) is 0 Å². The summed E-state index contributed by atoms with van der Waals surface area (Å²) in [6.45, 7) is 0.925. The first kappa shape index (κ1) is 11.4. The van der Waals surface area contributed by atoms with E-state index in [9.17, 15) is 0 Å². The minimum atomic E-state index is 0.905. The summed E-state index contributed by atoms with van der Waals surface area (Å²) in [5.74, 6) is 1.00. The van der Waals surface area contributed by atoms with E-state index in [1.54, 1.807) is 0 Å². The molecule has 1 heterocycles. The Hall–Kier alpha value is -1.13. The molecule has 0 saturated heterocycles. The predicted molar refractivity (Wildman–Crippen MR) is 69.4 cm³/mol. The Morgan fingerprint density at radius 1 is 1.31 bits per heavy atom. The third kappa shape index (κ3) is 2.51. The molecule has 1 aromatic heterocycles. The van der Waals surface area contributed by atoms with Crippen LogP contribution in [0.5, 0.6) is 0 Å². The number of imidazole rings is 1. The van der Waals surface area contributed by atoms with Gasteiger partial charge in [0.15, 0.2) is 0 Å². The van der Waals surface area contributed by atoms with Crippen LogP contribution in [0.2, 0.25) is 0 Å². The fraction of sp³-hybridized carbons (Fsp3) is 0.250. The monoisotopic (exact) mass is 279 g/mol. The summed E-state index contributed by atoms with van der Waals surface area (Å²) < 4.78 is 0.949. The molecule has 0 unspecified atom stereocenters. The van der Waals surface area contributed by atoms with Crippen molar-refractivity contribution in [3.05, 3.63) is 40.8 Å². The molecule has 3 nitrogen and oxygen atoms in total. The SMILES string of the molecule is CNCCc1nc(-c2ccccc2)c(Br)[nH]1. The first-order valence-corrected chi connectivity index (χ1v) is 6.05. The van der Waals surface area contributed by atoms with Crippen molar-refractivity contribution in [1.82, 2.24) is 15.3 Å². The molecular formula is C12H14BrN3. The van der Waals surface area contributed by atoms with Gasteiger partial charge < -0.3 is 10.3 Å². The van der Waals surface area contributed by atoms with Gasteiger partial charge in [0, 0.05) is 18.5 Å². The van der Waals surface area contributed by atoms with E-state index in [2.05, 4.69) is 43.3 Å². The number of likely N-dealkylation sites (N-methyl/N-ethyl adjacent to an activating group) is 1. The zero-order valence-corrected chi connectivity index (χ0v) is 10.7. The number of benzene rings is 1. The van der Waals surface area contributed by atoms with Gasteiger partial charge in [-0.1, -0.05) is 30.3 Å². The van der Waals surface area contributed by atoms with E-state index >= 15 is 0 Å². The maximum Gasteiger partial charge on any atom is 0.110 e. The van der Waals surface area contributed by atoms with Gasteiger partial charge in [-0.2, -0.15) is 0 Å². The summed E-state index contributed by atoms with van der Waals surface area (Å²) in [5, 5.41) is 3.11. The quantitative estimate of drug-likeness (QED) is 0.903. The number of aromatic nitrogens is 2. The highest BCUT2D eigenvalue weighted by Crippen LogP contribution is 2.25. The summed E-state index contributed by atoms with van der Waals surface area (Å²) in [7, 11) is 1.94. The third-order valence-corrected chi connectivity index (χ3v) is 2.94. The highest BCUT2D eigenvalue weighted by Gasteiger charge is 2.08. The minimum absolute atomic E-state index is 0.905. The molecule has 0 fully saturated rings. The maximum atomic E-state index is 4.58. The average Bonchev–Trinajstić information content (AvgIpc) is 2.69. The van der Waals surface area contributed by atoms with Gasteiger partial charge in [0.1, 0.15) is 16.1 Å². The normalized spacial score (nSPS) is 10.6. The summed E-state index contributed by atoms with van der Waals surface area (Å²) >= 11 is 3.51. The van der Waals surface area contributed by atoms with Crippen molar-refractivity contribution in [2.75, 3.05) is 13.6 Å². The van der Waals surface area contributed by atoms with E-state index < -0.39 is 0 Å². The highest BCUT2D eigenvalue weighted by molar-refractivity contribution is 9.10. The molecule has 0 bridgehead atoms. The fourth-order valence-corrected chi connectivity index (χ4v) is 2.09. The van der Waals surface area contributed by atoms with Crippen LogP contribution in [0.15, 0.2) is 34.9 Å². The van der Waals surface area contributed by atoms with Crippen molar-refractivity contribution in [2.24, 2.45) is 0 Å². The van der Waals surface area contributed by atoms with Crippen LogP contribution in [-0.4, -0.2) is 23.6 Å². The van der Waals surface area contributed by atoms with E-state index in [1.807, 2.05) is 25.2 Å². The van der Waals surface area contributed by atoms with Crippen molar-refractivity contribution in [2.45, 2.75) is 6.42 Å². The Balaban J connectivity index is 2.25. The van der Waals surface area contributed by atoms with E-state index in [4.69, 9.17) is 0 Å². The molecule has 2 rings (SSSR count).